The van der Waals surface area contributed by atoms with Gasteiger partial charge in [0.2, 0.25) is 0 Å². The third kappa shape index (κ3) is 6.40. The van der Waals surface area contributed by atoms with E-state index in [0.717, 1.165) is 31.0 Å². The average molecular weight is 372 g/mol. The molecule has 2 N–H and O–H groups in total. The van der Waals surface area contributed by atoms with Crippen LogP contribution in [0.2, 0.25) is 0 Å². The lowest BCUT2D eigenvalue weighted by atomic mass is 10.1. The predicted octanol–water partition coefficient (Wildman–Crippen LogP) is 2.82. The zero-order chi connectivity index (χ0) is 19.5. The van der Waals surface area contributed by atoms with Crippen molar-refractivity contribution < 1.29 is 4.74 Å². The van der Waals surface area contributed by atoms with Crippen molar-refractivity contribution in [2.24, 2.45) is 12.0 Å². The molecule has 1 aromatic heterocycles. The Labute approximate surface area is 163 Å². The Balaban J connectivity index is 1.87. The van der Waals surface area contributed by atoms with Crippen molar-refractivity contribution >= 4 is 5.96 Å². The lowest BCUT2D eigenvalue weighted by molar-refractivity contribution is 0.125. The van der Waals surface area contributed by atoms with Gasteiger partial charge >= 0.3 is 0 Å². The zero-order valence-electron chi connectivity index (χ0n) is 17.1. The number of aliphatic imine (C=N–C) groups is 1. The highest BCUT2D eigenvalue weighted by atomic mass is 16.5. The Bertz CT molecular complexity index is 709. The van der Waals surface area contributed by atoms with E-state index in [4.69, 9.17) is 9.73 Å². The van der Waals surface area contributed by atoms with Crippen LogP contribution in [-0.4, -0.2) is 35.4 Å². The molecule has 0 radical (unpaired) electrons. The van der Waals surface area contributed by atoms with E-state index in [2.05, 4.69) is 48.6 Å². The molecule has 0 atom stereocenters. The first-order valence-corrected chi connectivity index (χ1v) is 9.86. The zero-order valence-corrected chi connectivity index (χ0v) is 17.1. The third-order valence-electron chi connectivity index (χ3n) is 4.42. The summed E-state index contributed by atoms with van der Waals surface area (Å²) in [5.74, 6) is 0.814. The van der Waals surface area contributed by atoms with Crippen LogP contribution in [0.5, 0.6) is 0 Å². The van der Waals surface area contributed by atoms with E-state index < -0.39 is 0 Å². The second kappa shape index (κ2) is 11.4. The fourth-order valence-electron chi connectivity index (χ4n) is 3.08. The van der Waals surface area contributed by atoms with Crippen molar-refractivity contribution in [3.05, 3.63) is 52.8 Å². The highest BCUT2D eigenvalue weighted by molar-refractivity contribution is 5.79. The van der Waals surface area contributed by atoms with Gasteiger partial charge < -0.3 is 15.4 Å². The van der Waals surface area contributed by atoms with Crippen molar-refractivity contribution in [1.82, 2.24) is 20.4 Å². The summed E-state index contributed by atoms with van der Waals surface area (Å²) >= 11 is 0. The fraction of sp³-hybridized carbons (Fsp3) is 0.524. The van der Waals surface area contributed by atoms with Gasteiger partial charge in [-0.3, -0.25) is 4.68 Å². The minimum atomic E-state index is 0.631. The molecular weight excluding hydrogens is 338 g/mol. The van der Waals surface area contributed by atoms with Gasteiger partial charge in [-0.15, -0.1) is 0 Å². The number of benzene rings is 1. The monoisotopic (exact) mass is 371 g/mol. The predicted molar refractivity (Wildman–Crippen MR) is 111 cm³/mol. The first-order chi connectivity index (χ1) is 13.2. The van der Waals surface area contributed by atoms with Crippen molar-refractivity contribution in [3.8, 4) is 0 Å². The third-order valence-corrected chi connectivity index (χ3v) is 4.42. The number of nitrogens with zero attached hydrogens (tertiary/aromatic N) is 3. The van der Waals surface area contributed by atoms with Crippen LogP contribution in [0.15, 0.2) is 35.3 Å². The molecule has 148 valence electrons. The van der Waals surface area contributed by atoms with E-state index in [1.54, 1.807) is 0 Å². The Kier molecular flexibility index (Phi) is 8.84. The number of aryl methyl sites for hydroxylation is 2. The number of hydrogen-bond donors (Lipinski definition) is 2. The molecule has 27 heavy (non-hydrogen) atoms. The van der Waals surface area contributed by atoms with Crippen LogP contribution in [0.25, 0.3) is 0 Å². The molecule has 1 heterocycles. The molecule has 0 aliphatic rings. The van der Waals surface area contributed by atoms with E-state index in [-0.39, 0.29) is 0 Å². The summed E-state index contributed by atoms with van der Waals surface area (Å²) in [5.41, 5.74) is 4.84. The van der Waals surface area contributed by atoms with E-state index in [1.807, 2.05) is 29.9 Å². The second-order valence-corrected chi connectivity index (χ2v) is 6.36. The molecule has 0 unspecified atom stereocenters. The quantitative estimate of drug-likeness (QED) is 0.383. The highest BCUT2D eigenvalue weighted by Gasteiger charge is 2.13. The van der Waals surface area contributed by atoms with Gasteiger partial charge in [-0.2, -0.15) is 5.10 Å². The molecule has 0 saturated heterocycles. The standard InChI is InChI=1S/C21H33N5O/c1-5-19-18(20(6-2)26(4)25-19)15-24-21(22-7-3)23-13-14-27-16-17-11-9-8-10-12-17/h8-12H,5-7,13-16H2,1-4H3,(H2,22,23,24). The summed E-state index contributed by atoms with van der Waals surface area (Å²) in [4.78, 5) is 4.76. The van der Waals surface area contributed by atoms with Gasteiger partial charge in [-0.05, 0) is 25.3 Å². The van der Waals surface area contributed by atoms with Crippen LogP contribution in [0.3, 0.4) is 0 Å². The van der Waals surface area contributed by atoms with E-state index in [9.17, 15) is 0 Å². The molecule has 0 amide bonds. The lowest BCUT2D eigenvalue weighted by Gasteiger charge is -2.12. The molecule has 0 bridgehead atoms. The molecule has 1 aromatic carbocycles. The van der Waals surface area contributed by atoms with Crippen LogP contribution in [0.4, 0.5) is 0 Å². The van der Waals surface area contributed by atoms with E-state index in [0.29, 0.717) is 26.3 Å². The van der Waals surface area contributed by atoms with Gasteiger partial charge in [-0.25, -0.2) is 4.99 Å². The van der Waals surface area contributed by atoms with Crippen molar-refractivity contribution in [1.29, 1.82) is 0 Å². The number of ether oxygens (including phenoxy) is 1. The second-order valence-electron chi connectivity index (χ2n) is 6.36. The van der Waals surface area contributed by atoms with Crippen molar-refractivity contribution in [2.75, 3.05) is 19.7 Å². The number of hydrogen-bond acceptors (Lipinski definition) is 3. The van der Waals surface area contributed by atoms with E-state index >= 15 is 0 Å². The number of aromatic nitrogens is 2. The maximum absolute atomic E-state index is 5.73. The summed E-state index contributed by atoms with van der Waals surface area (Å²) in [5, 5.41) is 11.3. The van der Waals surface area contributed by atoms with Gasteiger partial charge in [0, 0.05) is 31.4 Å². The molecule has 0 fully saturated rings. The maximum Gasteiger partial charge on any atom is 0.191 e. The molecule has 2 rings (SSSR count). The maximum atomic E-state index is 5.73. The van der Waals surface area contributed by atoms with Gasteiger partial charge in [0.05, 0.1) is 25.5 Å². The summed E-state index contributed by atoms with van der Waals surface area (Å²) in [6.07, 6.45) is 1.89. The number of rotatable bonds is 10. The fourth-order valence-corrected chi connectivity index (χ4v) is 3.08. The largest absolute Gasteiger partial charge is 0.375 e. The van der Waals surface area contributed by atoms with Crippen LogP contribution in [0, 0.1) is 0 Å². The van der Waals surface area contributed by atoms with Gasteiger partial charge in [0.1, 0.15) is 0 Å². The minimum Gasteiger partial charge on any atom is -0.375 e. The summed E-state index contributed by atoms with van der Waals surface area (Å²) in [6, 6.07) is 10.2. The molecule has 6 nitrogen and oxygen atoms in total. The Morgan fingerprint density at radius 1 is 1.11 bits per heavy atom. The lowest BCUT2D eigenvalue weighted by Crippen LogP contribution is -2.39. The highest BCUT2D eigenvalue weighted by Crippen LogP contribution is 2.16. The minimum absolute atomic E-state index is 0.631. The van der Waals surface area contributed by atoms with Crippen molar-refractivity contribution in [2.45, 2.75) is 46.8 Å². The normalized spacial score (nSPS) is 11.6. The van der Waals surface area contributed by atoms with Crippen molar-refractivity contribution in [3.63, 3.8) is 0 Å². The van der Waals surface area contributed by atoms with Gasteiger partial charge in [0.25, 0.3) is 0 Å². The first kappa shape index (κ1) is 21.0. The average Bonchev–Trinajstić information content (AvgIpc) is 3.01. The van der Waals surface area contributed by atoms with Crippen LogP contribution in [0.1, 0.15) is 43.3 Å². The molecule has 0 aliphatic carbocycles. The Morgan fingerprint density at radius 2 is 1.89 bits per heavy atom. The van der Waals surface area contributed by atoms with Crippen LogP contribution >= 0.6 is 0 Å². The first-order valence-electron chi connectivity index (χ1n) is 9.86. The topological polar surface area (TPSA) is 63.5 Å². The number of guanidine groups is 1. The molecule has 0 aliphatic heterocycles. The summed E-state index contributed by atoms with van der Waals surface area (Å²) < 4.78 is 7.72. The summed E-state index contributed by atoms with van der Waals surface area (Å²) in [6.45, 7) is 9.82. The van der Waals surface area contributed by atoms with Gasteiger partial charge in [-0.1, -0.05) is 44.2 Å². The van der Waals surface area contributed by atoms with Gasteiger partial charge in [0.15, 0.2) is 5.96 Å². The smallest absolute Gasteiger partial charge is 0.191 e. The Hall–Kier alpha value is -2.34. The molecule has 0 saturated carbocycles. The van der Waals surface area contributed by atoms with Crippen LogP contribution in [-0.2, 0) is 37.8 Å². The summed E-state index contributed by atoms with van der Waals surface area (Å²) in [7, 11) is 2.01. The SMILES string of the molecule is CCNC(=NCc1c(CC)nn(C)c1CC)NCCOCc1ccccc1. The molecule has 6 heteroatoms. The van der Waals surface area contributed by atoms with Crippen LogP contribution < -0.4 is 10.6 Å². The molecule has 0 spiro atoms. The Morgan fingerprint density at radius 3 is 2.56 bits per heavy atom. The number of nitrogens with one attached hydrogen (secondary N) is 2. The van der Waals surface area contributed by atoms with E-state index in [1.165, 1.54) is 16.8 Å². The molecular formula is C21H33N5O. The molecule has 2 aromatic rings.